The summed E-state index contributed by atoms with van der Waals surface area (Å²) in [4.78, 5) is 14.9. The normalized spacial score (nSPS) is 31.3. The molecule has 2 heterocycles. The largest absolute Gasteiger partial charge is 0.405 e. The molecule has 2 saturated heterocycles. The number of alkyl halides is 3. The molecular weight excluding hydrogens is 259 g/mol. The van der Waals surface area contributed by atoms with Gasteiger partial charge in [-0.2, -0.15) is 13.2 Å². The van der Waals surface area contributed by atoms with Gasteiger partial charge in [-0.15, -0.1) is 0 Å². The van der Waals surface area contributed by atoms with Gasteiger partial charge in [-0.25, -0.2) is 0 Å². The van der Waals surface area contributed by atoms with E-state index in [9.17, 15) is 18.0 Å². The maximum atomic E-state index is 13.0. The molecule has 0 spiro atoms. The molecule has 2 atom stereocenters. The lowest BCUT2D eigenvalue weighted by Crippen LogP contribution is -2.64. The van der Waals surface area contributed by atoms with Crippen molar-refractivity contribution < 1.29 is 18.0 Å². The van der Waals surface area contributed by atoms with Gasteiger partial charge >= 0.3 is 6.18 Å². The second-order valence-electron chi connectivity index (χ2n) is 5.22. The molecule has 0 aromatic rings. The minimum Gasteiger partial charge on any atom is -0.353 e. The van der Waals surface area contributed by atoms with Crippen molar-refractivity contribution >= 4 is 5.91 Å². The molecule has 2 aliphatic rings. The quantitative estimate of drug-likeness (QED) is 0.813. The minimum atomic E-state index is -4.29. The highest BCUT2D eigenvalue weighted by Gasteiger charge is 2.48. The number of nitrogens with one attached hydrogen (secondary N) is 1. The van der Waals surface area contributed by atoms with Crippen LogP contribution in [0, 0.1) is 0 Å². The van der Waals surface area contributed by atoms with Crippen molar-refractivity contribution in [1.82, 2.24) is 15.1 Å². The van der Waals surface area contributed by atoms with Crippen LogP contribution in [0.25, 0.3) is 0 Å². The van der Waals surface area contributed by atoms with Crippen LogP contribution >= 0.6 is 0 Å². The van der Waals surface area contributed by atoms with E-state index < -0.39 is 12.2 Å². The molecule has 2 fully saturated rings. The van der Waals surface area contributed by atoms with Crippen molar-refractivity contribution in [3.63, 3.8) is 0 Å². The first-order valence-corrected chi connectivity index (χ1v) is 6.73. The maximum Gasteiger partial charge on any atom is 0.405 e. The molecule has 4 nitrogen and oxygen atoms in total. The van der Waals surface area contributed by atoms with Crippen LogP contribution in [0.5, 0.6) is 0 Å². The minimum absolute atomic E-state index is 0.146. The van der Waals surface area contributed by atoms with Crippen molar-refractivity contribution in [3.05, 3.63) is 0 Å². The van der Waals surface area contributed by atoms with E-state index in [0.717, 1.165) is 25.9 Å². The number of hydrogen-bond donors (Lipinski definition) is 1. The van der Waals surface area contributed by atoms with E-state index in [4.69, 9.17) is 0 Å². The summed E-state index contributed by atoms with van der Waals surface area (Å²) in [6.45, 7) is 3.93. The summed E-state index contributed by atoms with van der Waals surface area (Å²) in [6.07, 6.45) is -2.67. The smallest absolute Gasteiger partial charge is 0.353 e. The highest BCUT2D eigenvalue weighted by molar-refractivity contribution is 5.79. The highest BCUT2D eigenvalue weighted by Crippen LogP contribution is 2.29. The van der Waals surface area contributed by atoms with Gasteiger partial charge in [-0.1, -0.05) is 6.92 Å². The SMILES string of the molecule is CCN1CCCC(N2CC(=O)NCC2C(F)(F)F)C1. The Bertz CT molecular complexity index is 335. The number of nitrogens with zero attached hydrogens (tertiary/aromatic N) is 2. The topological polar surface area (TPSA) is 35.6 Å². The predicted molar refractivity (Wildman–Crippen MR) is 64.7 cm³/mol. The molecule has 0 saturated carbocycles. The van der Waals surface area contributed by atoms with Gasteiger partial charge in [0.25, 0.3) is 0 Å². The maximum absolute atomic E-state index is 13.0. The summed E-state index contributed by atoms with van der Waals surface area (Å²) >= 11 is 0. The number of likely N-dealkylation sites (N-methyl/N-ethyl adjacent to an activating group) is 1. The number of piperidine rings is 1. The zero-order valence-electron chi connectivity index (χ0n) is 11.0. The fourth-order valence-electron chi connectivity index (χ4n) is 2.94. The second-order valence-corrected chi connectivity index (χ2v) is 5.22. The average molecular weight is 279 g/mol. The molecule has 0 radical (unpaired) electrons. The van der Waals surface area contributed by atoms with Crippen LogP contribution in [0.3, 0.4) is 0 Å². The Balaban J connectivity index is 2.10. The summed E-state index contributed by atoms with van der Waals surface area (Å²) in [5.41, 5.74) is 0. The zero-order valence-corrected chi connectivity index (χ0v) is 11.0. The van der Waals surface area contributed by atoms with Crippen molar-refractivity contribution in [1.29, 1.82) is 0 Å². The van der Waals surface area contributed by atoms with Gasteiger partial charge in [0.1, 0.15) is 6.04 Å². The predicted octanol–water partition coefficient (Wildman–Crippen LogP) is 0.833. The number of rotatable bonds is 2. The number of carbonyl (C=O) groups is 1. The lowest BCUT2D eigenvalue weighted by atomic mass is 10.0. The van der Waals surface area contributed by atoms with E-state index in [2.05, 4.69) is 10.2 Å². The first-order chi connectivity index (χ1) is 8.91. The number of halogens is 3. The van der Waals surface area contributed by atoms with E-state index in [1.165, 1.54) is 4.90 Å². The number of carbonyl (C=O) groups excluding carboxylic acids is 1. The summed E-state index contributed by atoms with van der Waals surface area (Å²) in [5.74, 6) is -0.311. The molecule has 1 amide bonds. The molecular formula is C12H20F3N3O. The van der Waals surface area contributed by atoms with Gasteiger partial charge in [0.05, 0.1) is 6.54 Å². The Morgan fingerprint density at radius 2 is 2.16 bits per heavy atom. The van der Waals surface area contributed by atoms with E-state index in [1.54, 1.807) is 0 Å². The number of amides is 1. The van der Waals surface area contributed by atoms with Gasteiger partial charge in [0.2, 0.25) is 5.91 Å². The second kappa shape index (κ2) is 5.66. The van der Waals surface area contributed by atoms with E-state index in [0.29, 0.717) is 6.54 Å². The molecule has 0 aromatic heterocycles. The van der Waals surface area contributed by atoms with Crippen molar-refractivity contribution in [2.45, 2.75) is 38.0 Å². The average Bonchev–Trinajstić information content (AvgIpc) is 2.37. The summed E-state index contributed by atoms with van der Waals surface area (Å²) in [5, 5.41) is 2.32. The molecule has 2 unspecified atom stereocenters. The third-order valence-electron chi connectivity index (χ3n) is 3.99. The molecule has 7 heteroatoms. The van der Waals surface area contributed by atoms with Crippen molar-refractivity contribution in [3.8, 4) is 0 Å². The number of hydrogen-bond acceptors (Lipinski definition) is 3. The summed E-state index contributed by atoms with van der Waals surface area (Å²) in [7, 11) is 0. The van der Waals surface area contributed by atoms with E-state index in [-0.39, 0.29) is 25.0 Å². The van der Waals surface area contributed by atoms with Crippen LogP contribution in [0.4, 0.5) is 13.2 Å². The molecule has 2 rings (SSSR count). The first-order valence-electron chi connectivity index (χ1n) is 6.73. The number of piperazine rings is 1. The van der Waals surface area contributed by atoms with Crippen LogP contribution in [0.1, 0.15) is 19.8 Å². The lowest BCUT2D eigenvalue weighted by Gasteiger charge is -2.45. The van der Waals surface area contributed by atoms with Gasteiger partial charge in [-0.05, 0) is 25.9 Å². The van der Waals surface area contributed by atoms with Crippen molar-refractivity contribution in [2.75, 3.05) is 32.7 Å². The van der Waals surface area contributed by atoms with E-state index in [1.807, 2.05) is 6.92 Å². The van der Waals surface area contributed by atoms with Crippen LogP contribution in [-0.2, 0) is 4.79 Å². The Kier molecular flexibility index (Phi) is 4.35. The molecule has 19 heavy (non-hydrogen) atoms. The highest BCUT2D eigenvalue weighted by atomic mass is 19.4. The van der Waals surface area contributed by atoms with Crippen LogP contribution in [0.15, 0.2) is 0 Å². The monoisotopic (exact) mass is 279 g/mol. The molecule has 0 bridgehead atoms. The van der Waals surface area contributed by atoms with Crippen LogP contribution in [0.2, 0.25) is 0 Å². The Labute approximate surface area is 110 Å². The standard InChI is InChI=1S/C12H20F3N3O/c1-2-17-5-3-4-9(7-17)18-8-11(19)16-6-10(18)12(13,14)15/h9-10H,2-8H2,1H3,(H,16,19). The van der Waals surface area contributed by atoms with E-state index >= 15 is 0 Å². The molecule has 110 valence electrons. The fraction of sp³-hybridized carbons (Fsp3) is 0.917. The van der Waals surface area contributed by atoms with Gasteiger partial charge in [0.15, 0.2) is 0 Å². The third kappa shape index (κ3) is 3.39. The molecule has 2 aliphatic heterocycles. The number of likely N-dealkylation sites (tertiary alicyclic amines) is 1. The van der Waals surface area contributed by atoms with Crippen molar-refractivity contribution in [2.24, 2.45) is 0 Å². The first kappa shape index (κ1) is 14.6. The molecule has 0 aliphatic carbocycles. The van der Waals surface area contributed by atoms with Crippen LogP contribution in [-0.4, -0.2) is 66.7 Å². The summed E-state index contributed by atoms with van der Waals surface area (Å²) < 4.78 is 39.1. The lowest BCUT2D eigenvalue weighted by molar-refractivity contribution is -0.196. The van der Waals surface area contributed by atoms with Gasteiger partial charge < -0.3 is 10.2 Å². The zero-order chi connectivity index (χ0) is 14.0. The Morgan fingerprint density at radius 3 is 2.79 bits per heavy atom. The Morgan fingerprint density at radius 1 is 1.42 bits per heavy atom. The summed E-state index contributed by atoms with van der Waals surface area (Å²) in [6, 6.07) is -1.72. The molecule has 0 aromatic carbocycles. The fourth-order valence-corrected chi connectivity index (χ4v) is 2.94. The van der Waals surface area contributed by atoms with Gasteiger partial charge in [-0.3, -0.25) is 9.69 Å². The van der Waals surface area contributed by atoms with Gasteiger partial charge in [0, 0.05) is 19.1 Å². The Hall–Kier alpha value is -0.820. The van der Waals surface area contributed by atoms with Crippen LogP contribution < -0.4 is 5.32 Å². The molecule has 1 N–H and O–H groups in total. The third-order valence-corrected chi connectivity index (χ3v) is 3.99.